The summed E-state index contributed by atoms with van der Waals surface area (Å²) in [5.41, 5.74) is 2.97. The van der Waals surface area contributed by atoms with Gasteiger partial charge in [0.2, 0.25) is 5.91 Å². The fraction of sp³-hybridized carbons (Fsp3) is 0.519. The molecule has 0 aromatic heterocycles. The van der Waals surface area contributed by atoms with Crippen LogP contribution in [0.15, 0.2) is 48.5 Å². The Kier molecular flexibility index (Phi) is 7.48. The molecule has 0 saturated carbocycles. The molecule has 2 saturated heterocycles. The molecule has 0 spiro atoms. The lowest BCUT2D eigenvalue weighted by Gasteiger charge is -2.37. The smallest absolute Gasteiger partial charge is 0.226 e. The van der Waals surface area contributed by atoms with Gasteiger partial charge in [-0.3, -0.25) is 4.79 Å². The third-order valence-electron chi connectivity index (χ3n) is 7.09. The van der Waals surface area contributed by atoms with Crippen molar-refractivity contribution in [2.24, 2.45) is 11.3 Å². The summed E-state index contributed by atoms with van der Waals surface area (Å²) in [6, 6.07) is 16.6. The van der Waals surface area contributed by atoms with Crippen molar-refractivity contribution in [3.63, 3.8) is 0 Å². The van der Waals surface area contributed by atoms with Crippen LogP contribution in [0.5, 0.6) is 5.75 Å². The van der Waals surface area contributed by atoms with Gasteiger partial charge in [-0.15, -0.1) is 0 Å². The van der Waals surface area contributed by atoms with Crippen molar-refractivity contribution in [1.82, 2.24) is 10.2 Å². The Labute approximate surface area is 192 Å². The highest BCUT2D eigenvalue weighted by molar-refractivity contribution is 5.83. The number of nitrogens with zero attached hydrogens (tertiary/aromatic N) is 1. The average Bonchev–Trinajstić information content (AvgIpc) is 2.83. The zero-order chi connectivity index (χ0) is 22.4. The molecule has 2 aliphatic heterocycles. The van der Waals surface area contributed by atoms with Gasteiger partial charge in [0.15, 0.2) is 0 Å². The van der Waals surface area contributed by atoms with Gasteiger partial charge in [-0.05, 0) is 68.8 Å². The summed E-state index contributed by atoms with van der Waals surface area (Å²) >= 11 is 0. The molecule has 1 amide bonds. The first-order valence-corrected chi connectivity index (χ1v) is 11.9. The summed E-state index contributed by atoms with van der Waals surface area (Å²) in [5, 5.41) is 3.33. The third kappa shape index (κ3) is 5.33. The van der Waals surface area contributed by atoms with Gasteiger partial charge in [0.05, 0.1) is 12.5 Å². The normalized spacial score (nSPS) is 21.1. The highest BCUT2D eigenvalue weighted by Crippen LogP contribution is 2.37. The fourth-order valence-electron chi connectivity index (χ4n) is 5.23. The van der Waals surface area contributed by atoms with Crippen LogP contribution in [0.3, 0.4) is 0 Å². The van der Waals surface area contributed by atoms with Gasteiger partial charge < -0.3 is 19.7 Å². The first-order chi connectivity index (χ1) is 15.6. The minimum Gasteiger partial charge on any atom is -0.496 e. The summed E-state index contributed by atoms with van der Waals surface area (Å²) in [6.45, 7) is 4.29. The molecule has 1 N–H and O–H groups in total. The van der Waals surface area contributed by atoms with Crippen molar-refractivity contribution < 1.29 is 14.3 Å². The summed E-state index contributed by atoms with van der Waals surface area (Å²) in [5.74, 6) is 1.60. The van der Waals surface area contributed by atoms with Crippen LogP contribution in [-0.2, 0) is 16.0 Å². The number of piperidine rings is 1. The fourth-order valence-corrected chi connectivity index (χ4v) is 5.23. The van der Waals surface area contributed by atoms with Gasteiger partial charge in [-0.1, -0.05) is 42.5 Å². The monoisotopic (exact) mass is 436 g/mol. The van der Waals surface area contributed by atoms with Crippen LogP contribution >= 0.6 is 0 Å². The first kappa shape index (κ1) is 22.8. The highest BCUT2D eigenvalue weighted by atomic mass is 16.5. The van der Waals surface area contributed by atoms with E-state index in [9.17, 15) is 4.79 Å². The van der Waals surface area contributed by atoms with E-state index in [-0.39, 0.29) is 5.91 Å². The Morgan fingerprint density at radius 3 is 2.78 bits per heavy atom. The number of benzene rings is 2. The van der Waals surface area contributed by atoms with Crippen molar-refractivity contribution in [1.29, 1.82) is 0 Å². The predicted octanol–water partition coefficient (Wildman–Crippen LogP) is 4.16. The second kappa shape index (κ2) is 10.5. The van der Waals surface area contributed by atoms with E-state index in [1.54, 1.807) is 7.11 Å². The number of rotatable bonds is 7. The summed E-state index contributed by atoms with van der Waals surface area (Å²) < 4.78 is 11.2. The Morgan fingerprint density at radius 2 is 2.00 bits per heavy atom. The minimum absolute atomic E-state index is 0.191. The van der Waals surface area contributed by atoms with Crippen molar-refractivity contribution in [3.8, 4) is 16.9 Å². The second-order valence-electron chi connectivity index (χ2n) is 9.45. The topological polar surface area (TPSA) is 50.8 Å². The molecular weight excluding hydrogens is 400 g/mol. The van der Waals surface area contributed by atoms with Gasteiger partial charge in [0.25, 0.3) is 0 Å². The van der Waals surface area contributed by atoms with Crippen LogP contribution in [-0.4, -0.2) is 57.8 Å². The van der Waals surface area contributed by atoms with Crippen LogP contribution in [0, 0.1) is 11.3 Å². The number of hydrogen-bond donors (Lipinski definition) is 1. The molecule has 2 fully saturated rings. The number of amides is 1. The van der Waals surface area contributed by atoms with E-state index in [1.807, 2.05) is 18.2 Å². The maximum absolute atomic E-state index is 13.5. The van der Waals surface area contributed by atoms with Crippen LogP contribution in [0.25, 0.3) is 11.1 Å². The van der Waals surface area contributed by atoms with Crippen molar-refractivity contribution in [2.45, 2.75) is 32.1 Å². The lowest BCUT2D eigenvalue weighted by Crippen LogP contribution is -2.48. The quantitative estimate of drug-likeness (QED) is 0.708. The summed E-state index contributed by atoms with van der Waals surface area (Å²) in [7, 11) is 3.87. The molecular formula is C27H36N2O3. The molecule has 2 aliphatic rings. The van der Waals surface area contributed by atoms with Crippen molar-refractivity contribution >= 4 is 5.91 Å². The molecule has 1 unspecified atom stereocenters. The number of ether oxygens (including phenoxy) is 2. The molecule has 1 atom stereocenters. The third-order valence-corrected chi connectivity index (χ3v) is 7.09. The van der Waals surface area contributed by atoms with Crippen molar-refractivity contribution in [2.75, 3.05) is 47.0 Å². The van der Waals surface area contributed by atoms with E-state index in [0.717, 1.165) is 55.8 Å². The molecule has 2 aromatic rings. The average molecular weight is 437 g/mol. The van der Waals surface area contributed by atoms with Gasteiger partial charge in [-0.2, -0.15) is 0 Å². The van der Waals surface area contributed by atoms with E-state index in [2.05, 4.69) is 47.6 Å². The maximum Gasteiger partial charge on any atom is 0.226 e. The first-order valence-electron chi connectivity index (χ1n) is 11.9. The lowest BCUT2D eigenvalue weighted by atomic mass is 9.74. The molecule has 2 heterocycles. The second-order valence-corrected chi connectivity index (χ2v) is 9.45. The molecule has 172 valence electrons. The lowest BCUT2D eigenvalue weighted by molar-refractivity contribution is -0.137. The maximum atomic E-state index is 13.5. The zero-order valence-corrected chi connectivity index (χ0v) is 19.4. The summed E-state index contributed by atoms with van der Waals surface area (Å²) in [6.07, 6.45) is 4.67. The van der Waals surface area contributed by atoms with Crippen LogP contribution < -0.4 is 10.1 Å². The van der Waals surface area contributed by atoms with Crippen LogP contribution in [0.1, 0.15) is 31.2 Å². The molecule has 5 nitrogen and oxygen atoms in total. The summed E-state index contributed by atoms with van der Waals surface area (Å²) in [4.78, 5) is 15.9. The number of hydrogen-bond acceptors (Lipinski definition) is 4. The Hall–Kier alpha value is -2.37. The van der Waals surface area contributed by atoms with Crippen molar-refractivity contribution in [3.05, 3.63) is 54.1 Å². The van der Waals surface area contributed by atoms with Gasteiger partial charge in [0.1, 0.15) is 5.75 Å². The zero-order valence-electron chi connectivity index (χ0n) is 19.4. The van der Waals surface area contributed by atoms with Gasteiger partial charge in [0, 0.05) is 31.9 Å². The minimum atomic E-state index is -0.405. The Morgan fingerprint density at radius 1 is 1.19 bits per heavy atom. The van der Waals surface area contributed by atoms with E-state index >= 15 is 0 Å². The number of methoxy groups -OCH3 is 1. The number of carbonyl (C=O) groups excluding carboxylic acids is 1. The Balaban J connectivity index is 1.50. The van der Waals surface area contributed by atoms with E-state index in [4.69, 9.17) is 9.47 Å². The standard InChI is InChI=1S/C27H36N2O3/c1-29-14-6-8-22(20-29)19-28-26(30)27(12-15-32-16-13-27)18-21-7-5-9-23(17-21)24-10-3-4-11-25(24)31-2/h3-5,7,9-11,17,22H,6,8,12-16,18-20H2,1-2H3,(H,28,30). The molecule has 5 heteroatoms. The molecule has 32 heavy (non-hydrogen) atoms. The number of nitrogens with one attached hydrogen (secondary N) is 1. The number of likely N-dealkylation sites (tertiary alicyclic amines) is 1. The van der Waals surface area contributed by atoms with Gasteiger partial charge in [-0.25, -0.2) is 0 Å². The van der Waals surface area contributed by atoms with E-state index < -0.39 is 5.41 Å². The van der Waals surface area contributed by atoms with Gasteiger partial charge >= 0.3 is 0 Å². The number of para-hydroxylation sites is 1. The highest BCUT2D eigenvalue weighted by Gasteiger charge is 2.40. The van der Waals surface area contributed by atoms with E-state index in [1.165, 1.54) is 18.4 Å². The molecule has 4 rings (SSSR count). The molecule has 0 radical (unpaired) electrons. The largest absolute Gasteiger partial charge is 0.496 e. The predicted molar refractivity (Wildman–Crippen MR) is 128 cm³/mol. The Bertz CT molecular complexity index is 907. The molecule has 0 bridgehead atoms. The SMILES string of the molecule is COc1ccccc1-c1cccc(CC2(C(=O)NCC3CCCN(C)C3)CCOCC2)c1. The molecule has 2 aromatic carbocycles. The van der Waals surface area contributed by atoms with Crippen LogP contribution in [0.4, 0.5) is 0 Å². The van der Waals surface area contributed by atoms with Crippen LogP contribution in [0.2, 0.25) is 0 Å². The number of carbonyl (C=O) groups is 1. The van der Waals surface area contributed by atoms with E-state index in [0.29, 0.717) is 19.1 Å². The molecule has 0 aliphatic carbocycles.